The monoisotopic (exact) mass is 348 g/mol. The number of hydrogen-bond donors (Lipinski definition) is 1. The molecular weight excluding hydrogens is 324 g/mol. The fraction of sp³-hybridized carbons (Fsp3) is 0.500. The van der Waals surface area contributed by atoms with Gasteiger partial charge in [0.15, 0.2) is 11.5 Å². The van der Waals surface area contributed by atoms with Crippen molar-refractivity contribution in [1.82, 2.24) is 9.88 Å². The molecule has 1 atom stereocenters. The summed E-state index contributed by atoms with van der Waals surface area (Å²) in [6.45, 7) is 3.63. The quantitative estimate of drug-likeness (QED) is 0.834. The Bertz CT molecular complexity index is 633. The molecule has 0 aliphatic carbocycles. The maximum atomic E-state index is 9.38. The lowest BCUT2D eigenvalue weighted by Crippen LogP contribution is -2.36. The van der Waals surface area contributed by atoms with Crippen LogP contribution in [0.1, 0.15) is 24.1 Å². The van der Waals surface area contributed by atoms with Crippen LogP contribution in [0.25, 0.3) is 0 Å². The second-order valence-corrected chi connectivity index (χ2v) is 6.90. The molecule has 1 aliphatic rings. The average Bonchev–Trinajstić information content (AvgIpc) is 3.14. The molecule has 130 valence electrons. The minimum Gasteiger partial charge on any atom is -0.493 e. The fourth-order valence-electron chi connectivity index (χ4n) is 3.09. The summed E-state index contributed by atoms with van der Waals surface area (Å²) in [6, 6.07) is 6.09. The average molecular weight is 348 g/mol. The first-order chi connectivity index (χ1) is 11.8. The lowest BCUT2D eigenvalue weighted by atomic mass is 9.98. The number of thiazole rings is 1. The summed E-state index contributed by atoms with van der Waals surface area (Å²) in [7, 11) is 1.65. The molecule has 2 heterocycles. The number of hydrogen-bond acceptors (Lipinski definition) is 6. The molecule has 1 unspecified atom stereocenters. The molecule has 1 fully saturated rings. The highest BCUT2D eigenvalue weighted by Gasteiger charge is 2.19. The zero-order valence-electron chi connectivity index (χ0n) is 14.0. The van der Waals surface area contributed by atoms with Crippen LogP contribution in [-0.2, 0) is 13.2 Å². The van der Waals surface area contributed by atoms with E-state index in [1.165, 1.54) is 5.56 Å². The Morgan fingerprint density at radius 1 is 1.38 bits per heavy atom. The summed E-state index contributed by atoms with van der Waals surface area (Å²) in [5.74, 6) is 1.89. The number of ether oxygens (including phenoxy) is 2. The van der Waals surface area contributed by atoms with Crippen LogP contribution in [0.2, 0.25) is 0 Å². The summed E-state index contributed by atoms with van der Waals surface area (Å²) < 4.78 is 11.3. The summed E-state index contributed by atoms with van der Waals surface area (Å²) in [5, 5.41) is 11.4. The molecule has 5 nitrogen and oxygen atoms in total. The molecule has 0 spiro atoms. The van der Waals surface area contributed by atoms with E-state index < -0.39 is 0 Å². The van der Waals surface area contributed by atoms with Crippen LogP contribution in [0.5, 0.6) is 11.5 Å². The van der Waals surface area contributed by atoms with Crippen LogP contribution < -0.4 is 9.47 Å². The van der Waals surface area contributed by atoms with Crippen molar-refractivity contribution in [3.63, 3.8) is 0 Å². The first-order valence-corrected chi connectivity index (χ1v) is 9.22. The van der Waals surface area contributed by atoms with Crippen molar-refractivity contribution in [3.8, 4) is 11.5 Å². The van der Waals surface area contributed by atoms with Gasteiger partial charge in [-0.05, 0) is 43.0 Å². The molecule has 0 saturated carbocycles. The molecule has 0 radical (unpaired) electrons. The Morgan fingerprint density at radius 2 is 2.29 bits per heavy atom. The fourth-order valence-corrected chi connectivity index (χ4v) is 3.64. The van der Waals surface area contributed by atoms with E-state index in [-0.39, 0.29) is 6.61 Å². The third kappa shape index (κ3) is 4.47. The molecule has 24 heavy (non-hydrogen) atoms. The van der Waals surface area contributed by atoms with Gasteiger partial charge in [-0.2, -0.15) is 0 Å². The molecule has 1 saturated heterocycles. The molecule has 1 aliphatic heterocycles. The number of aliphatic hydroxyl groups is 1. The number of aliphatic hydroxyl groups excluding tert-OH is 1. The van der Waals surface area contributed by atoms with Crippen molar-refractivity contribution in [2.24, 2.45) is 5.92 Å². The van der Waals surface area contributed by atoms with Gasteiger partial charge >= 0.3 is 0 Å². The minimum atomic E-state index is 0.279. The van der Waals surface area contributed by atoms with Gasteiger partial charge < -0.3 is 14.6 Å². The van der Waals surface area contributed by atoms with E-state index in [1.807, 2.05) is 17.5 Å². The van der Waals surface area contributed by atoms with Gasteiger partial charge in [-0.15, -0.1) is 11.3 Å². The summed E-state index contributed by atoms with van der Waals surface area (Å²) >= 11 is 1.56. The maximum Gasteiger partial charge on any atom is 0.162 e. The van der Waals surface area contributed by atoms with E-state index in [9.17, 15) is 5.11 Å². The number of piperidine rings is 1. The maximum absolute atomic E-state index is 9.38. The van der Waals surface area contributed by atoms with E-state index >= 15 is 0 Å². The highest BCUT2D eigenvalue weighted by molar-refractivity contribution is 7.07. The van der Waals surface area contributed by atoms with Gasteiger partial charge in [0.1, 0.15) is 6.61 Å². The zero-order chi connectivity index (χ0) is 16.8. The topological polar surface area (TPSA) is 54.8 Å². The summed E-state index contributed by atoms with van der Waals surface area (Å²) in [6.07, 6.45) is 2.27. The van der Waals surface area contributed by atoms with E-state index in [0.29, 0.717) is 12.5 Å². The van der Waals surface area contributed by atoms with Crippen LogP contribution in [0.15, 0.2) is 29.1 Å². The molecule has 3 rings (SSSR count). The molecule has 1 N–H and O–H groups in total. The lowest BCUT2D eigenvalue weighted by molar-refractivity contribution is 0.116. The smallest absolute Gasteiger partial charge is 0.162 e. The largest absolute Gasteiger partial charge is 0.493 e. The summed E-state index contributed by atoms with van der Waals surface area (Å²) in [4.78, 5) is 6.64. The lowest BCUT2D eigenvalue weighted by Gasteiger charge is -2.31. The van der Waals surface area contributed by atoms with E-state index in [4.69, 9.17) is 9.47 Å². The normalized spacial score (nSPS) is 18.5. The highest BCUT2D eigenvalue weighted by Crippen LogP contribution is 2.30. The van der Waals surface area contributed by atoms with Crippen LogP contribution in [-0.4, -0.2) is 41.8 Å². The van der Waals surface area contributed by atoms with Crippen molar-refractivity contribution in [2.45, 2.75) is 26.0 Å². The van der Waals surface area contributed by atoms with Crippen molar-refractivity contribution >= 4 is 11.3 Å². The highest BCUT2D eigenvalue weighted by atomic mass is 32.1. The summed E-state index contributed by atoms with van der Waals surface area (Å²) in [5.41, 5.74) is 3.93. The predicted molar refractivity (Wildman–Crippen MR) is 94.5 cm³/mol. The standard InChI is InChI=1S/C18H24N2O3S/c1-22-17-5-4-14(8-20-6-2-3-15(9-20)10-21)7-18(17)23-11-16-12-24-13-19-16/h4-5,7,12-13,15,21H,2-3,6,8-11H2,1H3. The second-order valence-electron chi connectivity index (χ2n) is 6.18. The zero-order valence-corrected chi connectivity index (χ0v) is 14.8. The van der Waals surface area contributed by atoms with Crippen LogP contribution in [0.3, 0.4) is 0 Å². The number of rotatable bonds is 7. The third-order valence-electron chi connectivity index (χ3n) is 4.35. The number of methoxy groups -OCH3 is 1. The second kappa shape index (κ2) is 8.46. The van der Waals surface area contributed by atoms with Crippen LogP contribution >= 0.6 is 11.3 Å². The molecular formula is C18H24N2O3S. The Hall–Kier alpha value is -1.63. The minimum absolute atomic E-state index is 0.279. The Morgan fingerprint density at radius 3 is 3.04 bits per heavy atom. The van der Waals surface area contributed by atoms with Gasteiger partial charge in [0.25, 0.3) is 0 Å². The van der Waals surface area contributed by atoms with Gasteiger partial charge in [0, 0.05) is 25.1 Å². The number of nitrogens with zero attached hydrogens (tertiary/aromatic N) is 2. The number of aromatic nitrogens is 1. The van der Waals surface area contributed by atoms with Gasteiger partial charge in [0.05, 0.1) is 18.3 Å². The van der Waals surface area contributed by atoms with E-state index in [0.717, 1.165) is 49.7 Å². The van der Waals surface area contributed by atoms with Crippen LogP contribution in [0.4, 0.5) is 0 Å². The molecule has 2 aromatic rings. The first-order valence-electron chi connectivity index (χ1n) is 8.28. The van der Waals surface area contributed by atoms with Gasteiger partial charge in [-0.3, -0.25) is 4.90 Å². The molecule has 1 aromatic carbocycles. The first kappa shape index (κ1) is 17.2. The van der Waals surface area contributed by atoms with Gasteiger partial charge in [-0.1, -0.05) is 6.07 Å². The van der Waals surface area contributed by atoms with Crippen LogP contribution in [0, 0.1) is 5.92 Å². The third-order valence-corrected chi connectivity index (χ3v) is 4.99. The Kier molecular flexibility index (Phi) is 6.07. The Labute approximate surface area is 146 Å². The predicted octanol–water partition coefficient (Wildman–Crippen LogP) is 2.94. The van der Waals surface area contributed by atoms with Crippen molar-refractivity contribution in [3.05, 3.63) is 40.3 Å². The van der Waals surface area contributed by atoms with E-state index in [1.54, 1.807) is 24.0 Å². The number of benzene rings is 1. The van der Waals surface area contributed by atoms with Gasteiger partial charge in [-0.25, -0.2) is 4.98 Å². The molecule has 0 bridgehead atoms. The molecule has 0 amide bonds. The van der Waals surface area contributed by atoms with E-state index in [2.05, 4.69) is 16.0 Å². The molecule has 6 heteroatoms. The molecule has 1 aromatic heterocycles. The Balaban J connectivity index is 1.66. The van der Waals surface area contributed by atoms with Crippen molar-refractivity contribution in [2.75, 3.05) is 26.8 Å². The van der Waals surface area contributed by atoms with Crippen molar-refractivity contribution < 1.29 is 14.6 Å². The van der Waals surface area contributed by atoms with Crippen molar-refractivity contribution in [1.29, 1.82) is 0 Å². The number of likely N-dealkylation sites (tertiary alicyclic amines) is 1. The SMILES string of the molecule is COc1ccc(CN2CCCC(CO)C2)cc1OCc1cscn1. The van der Waals surface area contributed by atoms with Gasteiger partial charge in [0.2, 0.25) is 0 Å².